The summed E-state index contributed by atoms with van der Waals surface area (Å²) in [6.45, 7) is 4.03. The number of hydrogen-bond donors (Lipinski definition) is 2. The van der Waals surface area contributed by atoms with Crippen molar-refractivity contribution in [2.75, 3.05) is 37.8 Å². The van der Waals surface area contributed by atoms with E-state index in [0.717, 1.165) is 24.3 Å². The molecule has 8 nitrogen and oxygen atoms in total. The molecule has 1 saturated heterocycles. The van der Waals surface area contributed by atoms with Gasteiger partial charge in [-0.15, -0.1) is 0 Å². The summed E-state index contributed by atoms with van der Waals surface area (Å²) in [5.41, 5.74) is 1.26. The molecule has 0 unspecified atom stereocenters. The molecule has 30 heavy (non-hydrogen) atoms. The zero-order valence-corrected chi connectivity index (χ0v) is 18.1. The Morgan fingerprint density at radius 3 is 2.53 bits per heavy atom. The maximum absolute atomic E-state index is 12.7. The number of pyridine rings is 1. The lowest BCUT2D eigenvalue weighted by Gasteiger charge is -2.30. The Labute approximate surface area is 177 Å². The second-order valence-corrected chi connectivity index (χ2v) is 9.28. The van der Waals surface area contributed by atoms with Crippen molar-refractivity contribution in [1.82, 2.24) is 14.6 Å². The number of aromatic nitrogens is 1. The molecule has 3 rings (SSSR count). The smallest absolute Gasteiger partial charge is 0.255 e. The molecule has 2 N–H and O–H groups in total. The largest absolute Gasteiger partial charge is 0.494 e. The molecule has 1 aromatic heterocycles. The first-order valence-corrected chi connectivity index (χ1v) is 11.9. The topological polar surface area (TPSA) is 101 Å². The van der Waals surface area contributed by atoms with Gasteiger partial charge < -0.3 is 15.4 Å². The van der Waals surface area contributed by atoms with E-state index in [4.69, 9.17) is 4.74 Å². The van der Waals surface area contributed by atoms with Gasteiger partial charge in [0.25, 0.3) is 5.91 Å². The van der Waals surface area contributed by atoms with E-state index in [-0.39, 0.29) is 11.8 Å². The summed E-state index contributed by atoms with van der Waals surface area (Å²) < 4.78 is 30.2. The van der Waals surface area contributed by atoms with E-state index in [1.54, 1.807) is 18.3 Å². The van der Waals surface area contributed by atoms with Gasteiger partial charge in [-0.25, -0.2) is 17.7 Å². The van der Waals surface area contributed by atoms with Crippen LogP contribution in [0.2, 0.25) is 0 Å². The van der Waals surface area contributed by atoms with Crippen LogP contribution in [0.3, 0.4) is 0 Å². The molecule has 0 radical (unpaired) electrons. The van der Waals surface area contributed by atoms with Gasteiger partial charge in [0, 0.05) is 31.5 Å². The van der Waals surface area contributed by atoms with Gasteiger partial charge in [-0.1, -0.05) is 0 Å². The monoisotopic (exact) mass is 432 g/mol. The summed E-state index contributed by atoms with van der Waals surface area (Å²) in [5, 5.41) is 6.15. The third-order valence-electron chi connectivity index (χ3n) is 5.07. The van der Waals surface area contributed by atoms with Crippen molar-refractivity contribution in [1.29, 1.82) is 0 Å². The summed E-state index contributed by atoms with van der Waals surface area (Å²) in [7, 11) is -3.14. The van der Waals surface area contributed by atoms with E-state index in [2.05, 4.69) is 15.6 Å². The maximum atomic E-state index is 12.7. The van der Waals surface area contributed by atoms with E-state index in [0.29, 0.717) is 37.6 Å². The van der Waals surface area contributed by atoms with Crippen LogP contribution in [0.5, 0.6) is 5.75 Å². The fourth-order valence-corrected chi connectivity index (χ4v) is 4.28. The third-order valence-corrected chi connectivity index (χ3v) is 6.38. The lowest BCUT2D eigenvalue weighted by molar-refractivity contribution is 0.0942. The molecule has 2 aromatic rings. The zero-order valence-electron chi connectivity index (χ0n) is 17.3. The number of carbonyl (C=O) groups is 1. The SMILES string of the molecule is CCOc1ccc(Nc2ncccc2C(=O)NCC2CCN(S(C)(=O)=O)CC2)cc1. The summed E-state index contributed by atoms with van der Waals surface area (Å²) in [6, 6.07) is 10.9. The van der Waals surface area contributed by atoms with Crippen molar-refractivity contribution in [3.8, 4) is 5.75 Å². The minimum Gasteiger partial charge on any atom is -0.494 e. The number of benzene rings is 1. The van der Waals surface area contributed by atoms with Crippen LogP contribution in [0.4, 0.5) is 11.5 Å². The first-order valence-electron chi connectivity index (χ1n) is 10.0. The van der Waals surface area contributed by atoms with Crippen LogP contribution in [-0.2, 0) is 10.0 Å². The van der Waals surface area contributed by atoms with Crippen LogP contribution in [0.25, 0.3) is 0 Å². The summed E-state index contributed by atoms with van der Waals surface area (Å²) in [4.78, 5) is 17.1. The van der Waals surface area contributed by atoms with Gasteiger partial charge in [-0.3, -0.25) is 4.79 Å². The van der Waals surface area contributed by atoms with Crippen molar-refractivity contribution >= 4 is 27.4 Å². The molecular weight excluding hydrogens is 404 g/mol. The number of amides is 1. The molecule has 9 heteroatoms. The molecule has 1 aliphatic rings. The van der Waals surface area contributed by atoms with Gasteiger partial charge in [-0.2, -0.15) is 0 Å². The van der Waals surface area contributed by atoms with Gasteiger partial charge >= 0.3 is 0 Å². The van der Waals surface area contributed by atoms with Crippen molar-refractivity contribution in [3.05, 3.63) is 48.2 Å². The molecule has 162 valence electrons. The number of sulfonamides is 1. The standard InChI is InChI=1S/C21H28N4O4S/c1-3-29-18-8-6-17(7-9-18)24-20-19(5-4-12-22-20)21(26)23-15-16-10-13-25(14-11-16)30(2,27)28/h4-9,12,16H,3,10-11,13-15H2,1-2H3,(H,22,24)(H,23,26). The van der Waals surface area contributed by atoms with Crippen LogP contribution < -0.4 is 15.4 Å². The summed E-state index contributed by atoms with van der Waals surface area (Å²) >= 11 is 0. The molecular formula is C21H28N4O4S. The fourth-order valence-electron chi connectivity index (χ4n) is 3.40. The number of rotatable bonds is 8. The third kappa shape index (κ3) is 5.93. The van der Waals surface area contributed by atoms with E-state index in [1.165, 1.54) is 10.6 Å². The van der Waals surface area contributed by atoms with Crippen molar-refractivity contribution in [3.63, 3.8) is 0 Å². The Kier molecular flexibility index (Phi) is 7.28. The molecule has 1 amide bonds. The molecule has 0 bridgehead atoms. The predicted octanol–water partition coefficient (Wildman–Crippen LogP) is 2.63. The van der Waals surface area contributed by atoms with Gasteiger partial charge in [0.15, 0.2) is 0 Å². The molecule has 0 aliphatic carbocycles. The molecule has 0 spiro atoms. The summed E-state index contributed by atoms with van der Waals surface area (Å²) in [5.74, 6) is 1.31. The lowest BCUT2D eigenvalue weighted by Crippen LogP contribution is -2.41. The Hall–Kier alpha value is -2.65. The maximum Gasteiger partial charge on any atom is 0.255 e. The molecule has 1 fully saturated rings. The number of piperidine rings is 1. The highest BCUT2D eigenvalue weighted by Crippen LogP contribution is 2.22. The van der Waals surface area contributed by atoms with Crippen LogP contribution >= 0.6 is 0 Å². The average molecular weight is 433 g/mol. The van der Waals surface area contributed by atoms with Crippen molar-refractivity contribution in [2.45, 2.75) is 19.8 Å². The molecule has 2 heterocycles. The second-order valence-electron chi connectivity index (χ2n) is 7.30. The minimum absolute atomic E-state index is 0.206. The Morgan fingerprint density at radius 1 is 1.20 bits per heavy atom. The highest BCUT2D eigenvalue weighted by atomic mass is 32.2. The first kappa shape index (κ1) is 22.0. The van der Waals surface area contributed by atoms with Gasteiger partial charge in [0.1, 0.15) is 11.6 Å². The van der Waals surface area contributed by atoms with Crippen molar-refractivity contribution < 1.29 is 17.9 Å². The number of nitrogens with zero attached hydrogens (tertiary/aromatic N) is 2. The second kappa shape index (κ2) is 9.90. The highest BCUT2D eigenvalue weighted by molar-refractivity contribution is 7.88. The molecule has 1 aliphatic heterocycles. The average Bonchev–Trinajstić information content (AvgIpc) is 2.74. The highest BCUT2D eigenvalue weighted by Gasteiger charge is 2.25. The normalized spacial score (nSPS) is 15.5. The van der Waals surface area contributed by atoms with Crippen LogP contribution in [0, 0.1) is 5.92 Å². The Balaban J connectivity index is 1.58. The van der Waals surface area contributed by atoms with Gasteiger partial charge in [0.05, 0.1) is 18.4 Å². The summed E-state index contributed by atoms with van der Waals surface area (Å²) in [6.07, 6.45) is 4.33. The van der Waals surface area contributed by atoms with Crippen LogP contribution in [0.1, 0.15) is 30.1 Å². The number of ether oxygens (including phenoxy) is 1. The predicted molar refractivity (Wildman–Crippen MR) is 117 cm³/mol. The van der Waals surface area contributed by atoms with Crippen LogP contribution in [0.15, 0.2) is 42.6 Å². The van der Waals surface area contributed by atoms with E-state index >= 15 is 0 Å². The van der Waals surface area contributed by atoms with Crippen LogP contribution in [-0.4, -0.2) is 56.1 Å². The van der Waals surface area contributed by atoms with E-state index in [1.807, 2.05) is 31.2 Å². The number of carbonyl (C=O) groups excluding carboxylic acids is 1. The fraction of sp³-hybridized carbons (Fsp3) is 0.429. The van der Waals surface area contributed by atoms with E-state index in [9.17, 15) is 13.2 Å². The Bertz CT molecular complexity index is 955. The molecule has 0 atom stereocenters. The minimum atomic E-state index is -3.14. The number of nitrogens with one attached hydrogen (secondary N) is 2. The number of hydrogen-bond acceptors (Lipinski definition) is 6. The lowest BCUT2D eigenvalue weighted by atomic mass is 9.98. The number of anilines is 2. The van der Waals surface area contributed by atoms with Crippen molar-refractivity contribution in [2.24, 2.45) is 5.92 Å². The van der Waals surface area contributed by atoms with Gasteiger partial charge in [-0.05, 0) is 62.1 Å². The molecule has 0 saturated carbocycles. The zero-order chi connectivity index (χ0) is 21.6. The molecule has 1 aromatic carbocycles. The van der Waals surface area contributed by atoms with E-state index < -0.39 is 10.0 Å². The first-order chi connectivity index (χ1) is 14.4. The quantitative estimate of drug-likeness (QED) is 0.665. The Morgan fingerprint density at radius 2 is 1.90 bits per heavy atom. The van der Waals surface area contributed by atoms with Gasteiger partial charge in [0.2, 0.25) is 10.0 Å².